The maximum absolute atomic E-state index is 12.8. The van der Waals surface area contributed by atoms with E-state index in [1.807, 2.05) is 0 Å². The summed E-state index contributed by atoms with van der Waals surface area (Å²) in [6, 6.07) is 0.146. The SMILES string of the molecule is CCC(C)(C)C1CCC(NC(=O)C2=CC=CN3CCS(=O)(=O)N=C23)CC1. The predicted octanol–water partition coefficient (Wildman–Crippen LogP) is 2.60. The molecule has 2 aliphatic heterocycles. The molecule has 2 heterocycles. The first-order valence-corrected chi connectivity index (χ1v) is 11.1. The van der Waals surface area contributed by atoms with Gasteiger partial charge in [0, 0.05) is 18.8 Å². The van der Waals surface area contributed by atoms with E-state index in [9.17, 15) is 13.2 Å². The maximum atomic E-state index is 12.8. The molecule has 0 bridgehead atoms. The van der Waals surface area contributed by atoms with Crippen molar-refractivity contribution < 1.29 is 13.2 Å². The van der Waals surface area contributed by atoms with Gasteiger partial charge in [-0.2, -0.15) is 0 Å². The summed E-state index contributed by atoms with van der Waals surface area (Å²) in [7, 11) is -3.49. The number of nitrogens with zero attached hydrogens (tertiary/aromatic N) is 2. The molecule has 3 aliphatic rings. The summed E-state index contributed by atoms with van der Waals surface area (Å²) >= 11 is 0. The minimum atomic E-state index is -3.49. The van der Waals surface area contributed by atoms with Crippen molar-refractivity contribution in [1.82, 2.24) is 10.2 Å². The molecule has 0 radical (unpaired) electrons. The largest absolute Gasteiger partial charge is 0.349 e. The number of allylic oxidation sites excluding steroid dienone is 2. The normalized spacial score (nSPS) is 28.0. The van der Waals surface area contributed by atoms with Crippen LogP contribution in [-0.4, -0.2) is 43.4 Å². The number of amides is 1. The van der Waals surface area contributed by atoms with E-state index in [2.05, 4.69) is 30.5 Å². The molecular weight excluding hydrogens is 350 g/mol. The molecular formula is C19H29N3O3S. The van der Waals surface area contributed by atoms with E-state index in [4.69, 9.17) is 0 Å². The number of amidine groups is 1. The van der Waals surface area contributed by atoms with E-state index in [0.717, 1.165) is 32.1 Å². The number of carbonyl (C=O) groups excluding carboxylic acids is 1. The molecule has 144 valence electrons. The van der Waals surface area contributed by atoms with Crippen molar-refractivity contribution in [1.29, 1.82) is 0 Å². The van der Waals surface area contributed by atoms with Gasteiger partial charge >= 0.3 is 0 Å². The van der Waals surface area contributed by atoms with Crippen LogP contribution in [0.25, 0.3) is 0 Å². The Balaban J connectivity index is 1.65. The number of sulfonamides is 1. The first-order chi connectivity index (χ1) is 12.2. The highest BCUT2D eigenvalue weighted by atomic mass is 32.2. The van der Waals surface area contributed by atoms with E-state index in [1.165, 1.54) is 0 Å². The molecule has 6 nitrogen and oxygen atoms in total. The fourth-order valence-electron chi connectivity index (χ4n) is 3.96. The number of hydrogen-bond donors (Lipinski definition) is 1. The number of fused-ring (bicyclic) bond motifs is 1. The van der Waals surface area contributed by atoms with Crippen molar-refractivity contribution >= 4 is 21.8 Å². The van der Waals surface area contributed by atoms with Gasteiger partial charge in [-0.1, -0.05) is 27.2 Å². The van der Waals surface area contributed by atoms with Gasteiger partial charge < -0.3 is 10.2 Å². The van der Waals surface area contributed by atoms with Gasteiger partial charge in [-0.05, 0) is 49.2 Å². The molecule has 7 heteroatoms. The highest BCUT2D eigenvalue weighted by Crippen LogP contribution is 2.40. The van der Waals surface area contributed by atoms with Crippen LogP contribution in [-0.2, 0) is 14.8 Å². The zero-order chi connectivity index (χ0) is 18.9. The van der Waals surface area contributed by atoms with Gasteiger partial charge in [0.2, 0.25) is 0 Å². The van der Waals surface area contributed by atoms with Crippen molar-refractivity contribution in [2.75, 3.05) is 12.3 Å². The maximum Gasteiger partial charge on any atom is 0.256 e. The average molecular weight is 380 g/mol. The van der Waals surface area contributed by atoms with Crippen LogP contribution < -0.4 is 5.32 Å². The standard InChI is InChI=1S/C19H29N3O3S/c1-4-19(2,3)14-7-9-15(10-8-14)20-18(23)16-6-5-11-22-12-13-26(24,25)21-17(16)22/h5-6,11,14-15H,4,7-10,12-13H2,1-3H3,(H,20,23). The molecule has 0 unspecified atom stereocenters. The summed E-state index contributed by atoms with van der Waals surface area (Å²) in [5.74, 6) is 0.693. The Morgan fingerprint density at radius 2 is 2.00 bits per heavy atom. The van der Waals surface area contributed by atoms with Crippen molar-refractivity contribution in [2.45, 2.75) is 58.9 Å². The van der Waals surface area contributed by atoms with Gasteiger partial charge in [0.05, 0.1) is 11.3 Å². The minimum Gasteiger partial charge on any atom is -0.349 e. The Kier molecular flexibility index (Phi) is 5.28. The van der Waals surface area contributed by atoms with Crippen LogP contribution in [0, 0.1) is 11.3 Å². The van der Waals surface area contributed by atoms with Gasteiger partial charge in [-0.25, -0.2) is 8.42 Å². The molecule has 1 saturated carbocycles. The first-order valence-electron chi connectivity index (χ1n) is 9.51. The molecule has 0 aromatic rings. The average Bonchev–Trinajstić information content (AvgIpc) is 2.61. The van der Waals surface area contributed by atoms with Crippen molar-refractivity contribution in [3.05, 3.63) is 23.9 Å². The third kappa shape index (κ3) is 4.03. The van der Waals surface area contributed by atoms with Crippen molar-refractivity contribution in [3.8, 4) is 0 Å². The first kappa shape index (κ1) is 19.1. The molecule has 0 atom stereocenters. The van der Waals surface area contributed by atoms with Crippen molar-refractivity contribution in [2.24, 2.45) is 15.7 Å². The van der Waals surface area contributed by atoms with E-state index < -0.39 is 10.0 Å². The summed E-state index contributed by atoms with van der Waals surface area (Å²) in [5, 5.41) is 3.10. The van der Waals surface area contributed by atoms with Gasteiger partial charge in [-0.3, -0.25) is 4.79 Å². The number of carbonyl (C=O) groups is 1. The highest BCUT2D eigenvalue weighted by molar-refractivity contribution is 7.90. The van der Waals surface area contributed by atoms with Crippen LogP contribution in [0.5, 0.6) is 0 Å². The highest BCUT2D eigenvalue weighted by Gasteiger charge is 2.34. The summed E-state index contributed by atoms with van der Waals surface area (Å²) < 4.78 is 27.5. The van der Waals surface area contributed by atoms with Gasteiger partial charge in [-0.15, -0.1) is 4.40 Å². The Morgan fingerprint density at radius 1 is 1.31 bits per heavy atom. The van der Waals surface area contributed by atoms with Gasteiger partial charge in [0.25, 0.3) is 15.9 Å². The predicted molar refractivity (Wildman–Crippen MR) is 103 cm³/mol. The molecule has 1 aliphatic carbocycles. The summed E-state index contributed by atoms with van der Waals surface area (Å²) in [6.07, 6.45) is 10.5. The Bertz CT molecular complexity index is 757. The van der Waals surface area contributed by atoms with Crippen LogP contribution in [0.1, 0.15) is 52.9 Å². The zero-order valence-electron chi connectivity index (χ0n) is 15.9. The lowest BCUT2D eigenvalue weighted by molar-refractivity contribution is -0.118. The number of rotatable bonds is 4. The van der Waals surface area contributed by atoms with E-state index >= 15 is 0 Å². The molecule has 1 N–H and O–H groups in total. The summed E-state index contributed by atoms with van der Waals surface area (Å²) in [6.45, 7) is 7.22. The fourth-order valence-corrected chi connectivity index (χ4v) is 4.95. The Hall–Kier alpha value is -1.63. The van der Waals surface area contributed by atoms with Crippen LogP contribution in [0.4, 0.5) is 0 Å². The minimum absolute atomic E-state index is 0.0209. The third-order valence-electron chi connectivity index (χ3n) is 6.18. The lowest BCUT2D eigenvalue weighted by Crippen LogP contribution is -2.45. The lowest BCUT2D eigenvalue weighted by Gasteiger charge is -2.39. The molecule has 0 aromatic carbocycles. The van der Waals surface area contributed by atoms with Crippen LogP contribution >= 0.6 is 0 Å². The monoisotopic (exact) mass is 379 g/mol. The quantitative estimate of drug-likeness (QED) is 0.814. The Labute approximate surface area is 156 Å². The van der Waals surface area contributed by atoms with Crippen molar-refractivity contribution in [3.63, 3.8) is 0 Å². The second-order valence-corrected chi connectivity index (χ2v) is 9.93. The molecule has 0 aromatic heterocycles. The van der Waals surface area contributed by atoms with Crippen LogP contribution in [0.15, 0.2) is 28.3 Å². The molecule has 26 heavy (non-hydrogen) atoms. The molecule has 1 amide bonds. The summed E-state index contributed by atoms with van der Waals surface area (Å²) in [5.41, 5.74) is 0.684. The molecule has 0 spiro atoms. The van der Waals surface area contributed by atoms with Crippen LogP contribution in [0.3, 0.4) is 0 Å². The smallest absolute Gasteiger partial charge is 0.256 e. The molecule has 1 fully saturated rings. The zero-order valence-corrected chi connectivity index (χ0v) is 16.7. The van der Waals surface area contributed by atoms with Gasteiger partial charge in [0.15, 0.2) is 5.84 Å². The lowest BCUT2D eigenvalue weighted by atomic mass is 9.69. The fraction of sp³-hybridized carbons (Fsp3) is 0.684. The van der Waals surface area contributed by atoms with E-state index in [0.29, 0.717) is 23.5 Å². The third-order valence-corrected chi connectivity index (χ3v) is 7.33. The van der Waals surface area contributed by atoms with Crippen LogP contribution in [0.2, 0.25) is 0 Å². The number of nitrogens with one attached hydrogen (secondary N) is 1. The van der Waals surface area contributed by atoms with E-state index in [1.54, 1.807) is 23.3 Å². The topological polar surface area (TPSA) is 78.8 Å². The second kappa shape index (κ2) is 7.18. The molecule has 3 rings (SSSR count). The molecule has 0 saturated heterocycles. The van der Waals surface area contributed by atoms with Gasteiger partial charge in [0.1, 0.15) is 0 Å². The van der Waals surface area contributed by atoms with E-state index in [-0.39, 0.29) is 23.5 Å². The Morgan fingerprint density at radius 3 is 2.65 bits per heavy atom. The number of hydrogen-bond acceptors (Lipinski definition) is 4. The second-order valence-electron chi connectivity index (χ2n) is 8.18. The summed E-state index contributed by atoms with van der Waals surface area (Å²) in [4.78, 5) is 14.5.